The Bertz CT molecular complexity index is 364. The number of oxime groups is 1. The number of amidine groups is 1. The summed E-state index contributed by atoms with van der Waals surface area (Å²) in [5, 5.41) is 14.9. The van der Waals surface area contributed by atoms with Gasteiger partial charge >= 0.3 is 0 Å². The maximum atomic E-state index is 12.3. The number of nitrogens with two attached hydrogens (primary N) is 1. The van der Waals surface area contributed by atoms with Crippen LogP contribution in [-0.4, -0.2) is 23.5 Å². The third-order valence-electron chi connectivity index (χ3n) is 4.84. The van der Waals surface area contributed by atoms with E-state index >= 15 is 0 Å². The first-order chi connectivity index (χ1) is 9.08. The van der Waals surface area contributed by atoms with Gasteiger partial charge in [-0.3, -0.25) is 4.79 Å². The number of rotatable bonds is 4. The van der Waals surface area contributed by atoms with Crippen LogP contribution < -0.4 is 11.1 Å². The second-order valence-electron chi connectivity index (χ2n) is 6.27. The average Bonchev–Trinajstić information content (AvgIpc) is 2.35. The molecule has 5 heteroatoms. The molecule has 2 aliphatic rings. The summed E-state index contributed by atoms with van der Waals surface area (Å²) in [5.74, 6) is 1.34. The Balaban J connectivity index is 1.87. The molecular weight excluding hydrogens is 242 g/mol. The average molecular weight is 267 g/mol. The molecule has 5 nitrogen and oxygen atoms in total. The molecule has 0 aromatic heterocycles. The molecule has 108 valence electrons. The summed E-state index contributed by atoms with van der Waals surface area (Å²) >= 11 is 0. The minimum absolute atomic E-state index is 0.0627. The first-order valence-electron chi connectivity index (χ1n) is 7.35. The largest absolute Gasteiger partial charge is 0.409 e. The molecule has 1 amide bonds. The smallest absolute Gasteiger partial charge is 0.233 e. The van der Waals surface area contributed by atoms with Crippen LogP contribution in [0.25, 0.3) is 0 Å². The lowest BCUT2D eigenvalue weighted by Gasteiger charge is -2.39. The van der Waals surface area contributed by atoms with Crippen LogP contribution in [0, 0.1) is 17.3 Å². The zero-order chi connectivity index (χ0) is 13.9. The quantitative estimate of drug-likeness (QED) is 0.314. The van der Waals surface area contributed by atoms with E-state index < -0.39 is 5.41 Å². The molecule has 0 saturated heterocycles. The molecule has 19 heavy (non-hydrogen) atoms. The Morgan fingerprint density at radius 3 is 2.68 bits per heavy atom. The predicted octanol–water partition coefficient (Wildman–Crippen LogP) is 1.85. The van der Waals surface area contributed by atoms with Gasteiger partial charge in [0.05, 0.1) is 0 Å². The van der Waals surface area contributed by atoms with Crippen LogP contribution in [0.3, 0.4) is 0 Å². The van der Waals surface area contributed by atoms with Gasteiger partial charge < -0.3 is 16.3 Å². The highest BCUT2D eigenvalue weighted by atomic mass is 16.4. The molecule has 2 atom stereocenters. The highest BCUT2D eigenvalue weighted by Gasteiger charge is 2.48. The van der Waals surface area contributed by atoms with Gasteiger partial charge in [-0.15, -0.1) is 0 Å². The van der Waals surface area contributed by atoms with Crippen molar-refractivity contribution in [2.45, 2.75) is 51.9 Å². The Morgan fingerprint density at radius 2 is 2.16 bits per heavy atom. The van der Waals surface area contributed by atoms with E-state index in [-0.39, 0.29) is 11.7 Å². The number of amides is 1. The number of hydrogen-bond acceptors (Lipinski definition) is 3. The van der Waals surface area contributed by atoms with Crippen LogP contribution in [0.1, 0.15) is 51.9 Å². The minimum Gasteiger partial charge on any atom is -0.409 e. The lowest BCUT2D eigenvalue weighted by atomic mass is 9.67. The molecule has 0 spiro atoms. The molecule has 2 fully saturated rings. The van der Waals surface area contributed by atoms with Gasteiger partial charge in [0.25, 0.3) is 0 Å². The first-order valence-corrected chi connectivity index (χ1v) is 7.35. The van der Waals surface area contributed by atoms with Crippen LogP contribution in [-0.2, 0) is 4.79 Å². The lowest BCUT2D eigenvalue weighted by Crippen LogP contribution is -2.54. The molecular formula is C14H25N3O2. The Morgan fingerprint density at radius 1 is 1.42 bits per heavy atom. The normalized spacial score (nSPS) is 30.5. The minimum atomic E-state index is -0.741. The van der Waals surface area contributed by atoms with Crippen molar-refractivity contribution in [1.29, 1.82) is 0 Å². The van der Waals surface area contributed by atoms with Crippen molar-refractivity contribution in [2.75, 3.05) is 6.54 Å². The lowest BCUT2D eigenvalue weighted by molar-refractivity contribution is -0.131. The summed E-state index contributed by atoms with van der Waals surface area (Å²) in [4.78, 5) is 12.3. The fraction of sp³-hybridized carbons (Fsp3) is 0.857. The highest BCUT2D eigenvalue weighted by Crippen LogP contribution is 2.41. The Hall–Kier alpha value is -1.26. The van der Waals surface area contributed by atoms with E-state index in [2.05, 4.69) is 17.4 Å². The van der Waals surface area contributed by atoms with Gasteiger partial charge in [-0.2, -0.15) is 0 Å². The fourth-order valence-electron chi connectivity index (χ4n) is 3.38. The predicted molar refractivity (Wildman–Crippen MR) is 73.8 cm³/mol. The fourth-order valence-corrected chi connectivity index (χ4v) is 3.38. The van der Waals surface area contributed by atoms with Crippen molar-refractivity contribution < 1.29 is 10.0 Å². The van der Waals surface area contributed by atoms with E-state index in [9.17, 15) is 4.79 Å². The summed E-state index contributed by atoms with van der Waals surface area (Å²) < 4.78 is 0. The van der Waals surface area contributed by atoms with E-state index in [1.54, 1.807) is 0 Å². The van der Waals surface area contributed by atoms with Gasteiger partial charge in [0.2, 0.25) is 5.91 Å². The van der Waals surface area contributed by atoms with Crippen LogP contribution in [0.2, 0.25) is 0 Å². The second kappa shape index (κ2) is 5.80. The van der Waals surface area contributed by atoms with Crippen molar-refractivity contribution in [1.82, 2.24) is 5.32 Å². The van der Waals surface area contributed by atoms with E-state index in [0.29, 0.717) is 18.8 Å². The van der Waals surface area contributed by atoms with Gasteiger partial charge in [0.15, 0.2) is 5.84 Å². The summed E-state index contributed by atoms with van der Waals surface area (Å²) in [5.41, 5.74) is 4.94. The van der Waals surface area contributed by atoms with E-state index in [0.717, 1.165) is 18.9 Å². The summed E-state index contributed by atoms with van der Waals surface area (Å²) in [6.45, 7) is 3.00. The molecule has 0 aromatic carbocycles. The zero-order valence-electron chi connectivity index (χ0n) is 11.7. The van der Waals surface area contributed by atoms with Crippen LogP contribution >= 0.6 is 0 Å². The van der Waals surface area contributed by atoms with Gasteiger partial charge in [-0.05, 0) is 37.5 Å². The van der Waals surface area contributed by atoms with E-state index in [1.165, 1.54) is 25.7 Å². The molecule has 0 heterocycles. The summed E-state index contributed by atoms with van der Waals surface area (Å²) in [6, 6.07) is 0. The standard InChI is InChI=1S/C14H25N3O2/c1-10-4-2-5-11(8-10)9-16-13(18)14(6-3-7-14)12(15)17-19/h10-11,19H,2-9H2,1H3,(H2,15,17)(H,16,18). The highest BCUT2D eigenvalue weighted by molar-refractivity contribution is 6.07. The monoisotopic (exact) mass is 267 g/mol. The van der Waals surface area contributed by atoms with E-state index in [1.807, 2.05) is 0 Å². The van der Waals surface area contributed by atoms with Crippen molar-refractivity contribution in [3.8, 4) is 0 Å². The molecule has 0 bridgehead atoms. The van der Waals surface area contributed by atoms with Crippen LogP contribution in [0.15, 0.2) is 5.16 Å². The SMILES string of the molecule is CC1CCCC(CNC(=O)C2(C(N)=NO)CCC2)C1. The molecule has 2 rings (SSSR count). The second-order valence-corrected chi connectivity index (χ2v) is 6.27. The molecule has 2 saturated carbocycles. The molecule has 0 radical (unpaired) electrons. The molecule has 0 aromatic rings. The Kier molecular flexibility index (Phi) is 4.32. The topological polar surface area (TPSA) is 87.7 Å². The summed E-state index contributed by atoms with van der Waals surface area (Å²) in [7, 11) is 0. The maximum absolute atomic E-state index is 12.3. The zero-order valence-corrected chi connectivity index (χ0v) is 11.7. The Labute approximate surface area is 114 Å². The van der Waals surface area contributed by atoms with Gasteiger partial charge in [0, 0.05) is 6.54 Å². The maximum Gasteiger partial charge on any atom is 0.233 e. The molecule has 2 aliphatic carbocycles. The van der Waals surface area contributed by atoms with Gasteiger partial charge in [0.1, 0.15) is 5.41 Å². The van der Waals surface area contributed by atoms with Crippen molar-refractivity contribution in [3.63, 3.8) is 0 Å². The van der Waals surface area contributed by atoms with Crippen LogP contribution in [0.5, 0.6) is 0 Å². The number of carbonyl (C=O) groups is 1. The van der Waals surface area contributed by atoms with Crippen molar-refractivity contribution in [2.24, 2.45) is 28.1 Å². The number of nitrogens with zero attached hydrogens (tertiary/aromatic N) is 1. The van der Waals surface area contributed by atoms with Gasteiger partial charge in [-0.1, -0.05) is 31.3 Å². The molecule has 2 unspecified atom stereocenters. The van der Waals surface area contributed by atoms with Gasteiger partial charge in [-0.25, -0.2) is 0 Å². The number of carbonyl (C=O) groups excluding carboxylic acids is 1. The third-order valence-corrected chi connectivity index (χ3v) is 4.84. The first kappa shape index (κ1) is 14.2. The van der Waals surface area contributed by atoms with Crippen molar-refractivity contribution >= 4 is 11.7 Å². The number of nitrogens with one attached hydrogen (secondary N) is 1. The summed E-state index contributed by atoms with van der Waals surface area (Å²) in [6.07, 6.45) is 7.29. The van der Waals surface area contributed by atoms with Crippen molar-refractivity contribution in [3.05, 3.63) is 0 Å². The molecule has 4 N–H and O–H groups in total. The third kappa shape index (κ3) is 2.85. The molecule has 0 aliphatic heterocycles. The van der Waals surface area contributed by atoms with Crippen LogP contribution in [0.4, 0.5) is 0 Å². The van der Waals surface area contributed by atoms with E-state index in [4.69, 9.17) is 10.9 Å². The number of hydrogen-bond donors (Lipinski definition) is 3.